The molecule has 4 aromatic rings. The van der Waals surface area contributed by atoms with E-state index < -0.39 is 5.82 Å². The zero-order valence-electron chi connectivity index (χ0n) is 16.5. The van der Waals surface area contributed by atoms with Crippen molar-refractivity contribution in [2.45, 2.75) is 19.6 Å². The van der Waals surface area contributed by atoms with E-state index in [0.717, 1.165) is 6.20 Å². The number of nitrogens with one attached hydrogen (secondary N) is 2. The molecule has 10 heteroatoms. The molecular weight excluding hydrogens is 401 g/mol. The van der Waals surface area contributed by atoms with E-state index in [0.29, 0.717) is 39.7 Å². The van der Waals surface area contributed by atoms with Gasteiger partial charge in [0, 0.05) is 24.5 Å². The minimum atomic E-state index is -0.471. The second-order valence-corrected chi connectivity index (χ2v) is 7.15. The number of anilines is 1. The first-order valence-corrected chi connectivity index (χ1v) is 9.71. The molecule has 2 bridgehead atoms. The fourth-order valence-electron chi connectivity index (χ4n) is 3.36. The van der Waals surface area contributed by atoms with Crippen LogP contribution in [0.15, 0.2) is 49.1 Å². The highest BCUT2D eigenvalue weighted by molar-refractivity contribution is 6.00. The van der Waals surface area contributed by atoms with Crippen LogP contribution in [0.5, 0.6) is 5.88 Å². The summed E-state index contributed by atoms with van der Waals surface area (Å²) in [5.74, 6) is -0.0245. The van der Waals surface area contributed by atoms with Crippen LogP contribution in [0.3, 0.4) is 0 Å². The minimum absolute atomic E-state index is 0.209. The normalized spacial score (nSPS) is 16.3. The molecule has 9 nitrogen and oxygen atoms in total. The van der Waals surface area contributed by atoms with Crippen molar-refractivity contribution in [3.63, 3.8) is 0 Å². The van der Waals surface area contributed by atoms with Gasteiger partial charge in [0.25, 0.3) is 5.91 Å². The van der Waals surface area contributed by atoms with Crippen molar-refractivity contribution in [1.82, 2.24) is 29.9 Å². The summed E-state index contributed by atoms with van der Waals surface area (Å²) in [5, 5.41) is 10.3. The second-order valence-electron chi connectivity index (χ2n) is 7.15. The van der Waals surface area contributed by atoms with E-state index in [2.05, 4.69) is 30.7 Å². The van der Waals surface area contributed by atoms with Crippen LogP contribution in [-0.2, 0) is 6.54 Å². The van der Waals surface area contributed by atoms with Gasteiger partial charge in [-0.2, -0.15) is 5.10 Å². The largest absolute Gasteiger partial charge is 0.473 e. The Bertz CT molecular complexity index is 1280. The summed E-state index contributed by atoms with van der Waals surface area (Å²) in [6, 6.07) is 6.89. The predicted molar refractivity (Wildman–Crippen MR) is 110 cm³/mol. The van der Waals surface area contributed by atoms with Crippen LogP contribution in [0, 0.1) is 5.82 Å². The molecule has 1 unspecified atom stereocenters. The Labute approximate surface area is 176 Å². The monoisotopic (exact) mass is 419 g/mol. The fraction of sp³-hybridized carbons (Fsp3) is 0.190. The first kappa shape index (κ1) is 18.9. The molecule has 0 saturated carbocycles. The lowest BCUT2D eigenvalue weighted by Crippen LogP contribution is -2.33. The van der Waals surface area contributed by atoms with Crippen molar-refractivity contribution in [3.05, 3.63) is 66.0 Å². The average Bonchev–Trinajstić information content (AvgIpc) is 3.20. The van der Waals surface area contributed by atoms with Crippen LogP contribution in [0.1, 0.15) is 22.8 Å². The molecule has 5 heterocycles. The Balaban J connectivity index is 1.67. The van der Waals surface area contributed by atoms with Crippen LogP contribution in [0.2, 0.25) is 0 Å². The van der Waals surface area contributed by atoms with Gasteiger partial charge in [-0.1, -0.05) is 6.07 Å². The van der Waals surface area contributed by atoms with Crippen molar-refractivity contribution in [3.8, 4) is 17.1 Å². The molecule has 4 aromatic heterocycles. The smallest absolute Gasteiger partial charge is 0.256 e. The number of hydrogen-bond donors (Lipinski definition) is 2. The Kier molecular flexibility index (Phi) is 4.66. The molecule has 31 heavy (non-hydrogen) atoms. The highest BCUT2D eigenvalue weighted by Crippen LogP contribution is 2.28. The summed E-state index contributed by atoms with van der Waals surface area (Å²) in [5.41, 5.74) is 2.61. The molecule has 0 spiro atoms. The van der Waals surface area contributed by atoms with Gasteiger partial charge in [-0.3, -0.25) is 9.78 Å². The number of aromatic nitrogens is 5. The van der Waals surface area contributed by atoms with Crippen LogP contribution in [0.25, 0.3) is 16.9 Å². The number of carbonyl (C=O) groups excluding carboxylic acids is 1. The summed E-state index contributed by atoms with van der Waals surface area (Å²) in [6.07, 6.45) is 5.63. The van der Waals surface area contributed by atoms with E-state index in [9.17, 15) is 9.18 Å². The second kappa shape index (κ2) is 7.63. The summed E-state index contributed by atoms with van der Waals surface area (Å²) in [6.45, 7) is 2.24. The molecular formula is C21H18FN7O2. The number of carbonyl (C=O) groups is 1. The maximum atomic E-state index is 13.9. The molecule has 156 valence electrons. The summed E-state index contributed by atoms with van der Waals surface area (Å²) >= 11 is 0. The number of nitrogens with zero attached hydrogens (tertiary/aromatic N) is 5. The third kappa shape index (κ3) is 3.63. The number of hydrogen-bond acceptors (Lipinski definition) is 7. The first-order valence-electron chi connectivity index (χ1n) is 9.71. The number of pyridine rings is 2. The molecule has 2 N–H and O–H groups in total. The SMILES string of the molecule is CC1CNC(=O)c2cnn3cc(-c4ccccn4)c(nc23)NCc2cc(F)cnc2O1. The number of ether oxygens (including phenoxy) is 1. The van der Waals surface area contributed by atoms with Gasteiger partial charge >= 0.3 is 0 Å². The van der Waals surface area contributed by atoms with Crippen LogP contribution in [-0.4, -0.2) is 43.1 Å². The molecule has 1 aliphatic rings. The lowest BCUT2D eigenvalue weighted by Gasteiger charge is -2.17. The molecule has 0 aromatic carbocycles. The van der Waals surface area contributed by atoms with Crippen molar-refractivity contribution in [2.75, 3.05) is 11.9 Å². The Morgan fingerprint density at radius 3 is 2.94 bits per heavy atom. The maximum absolute atomic E-state index is 13.9. The van der Waals surface area contributed by atoms with Gasteiger partial charge in [-0.25, -0.2) is 18.9 Å². The van der Waals surface area contributed by atoms with Gasteiger partial charge in [0.1, 0.15) is 23.3 Å². The third-order valence-corrected chi connectivity index (χ3v) is 4.88. The Morgan fingerprint density at radius 1 is 1.19 bits per heavy atom. The Hall–Kier alpha value is -4.08. The lowest BCUT2D eigenvalue weighted by molar-refractivity contribution is 0.0932. The summed E-state index contributed by atoms with van der Waals surface area (Å²) in [7, 11) is 0. The van der Waals surface area contributed by atoms with Crippen LogP contribution >= 0.6 is 0 Å². The molecule has 0 fully saturated rings. The predicted octanol–water partition coefficient (Wildman–Crippen LogP) is 2.45. The third-order valence-electron chi connectivity index (χ3n) is 4.88. The standard InChI is InChI=1S/C21H18FN7O2/c1-12-7-25-20(30)15-10-27-29-11-16(17-4-2-3-5-23-17)18(28-19(15)29)24-8-13-6-14(22)9-26-21(13)31-12/h2-6,9-12H,7-8H2,1H3,(H,24,28)(H,25,30). The Morgan fingerprint density at radius 2 is 2.10 bits per heavy atom. The molecule has 1 amide bonds. The van der Waals surface area contributed by atoms with Crippen molar-refractivity contribution in [1.29, 1.82) is 0 Å². The van der Waals surface area contributed by atoms with Gasteiger partial charge in [-0.05, 0) is 25.1 Å². The van der Waals surface area contributed by atoms with E-state index in [-0.39, 0.29) is 25.1 Å². The molecule has 5 rings (SSSR count). The van der Waals surface area contributed by atoms with Gasteiger partial charge in [0.2, 0.25) is 5.88 Å². The highest BCUT2D eigenvalue weighted by atomic mass is 19.1. The fourth-order valence-corrected chi connectivity index (χ4v) is 3.36. The summed E-state index contributed by atoms with van der Waals surface area (Å²) < 4.78 is 21.3. The lowest BCUT2D eigenvalue weighted by atomic mass is 10.2. The molecule has 1 atom stereocenters. The molecule has 0 aliphatic carbocycles. The van der Waals surface area contributed by atoms with Gasteiger partial charge in [0.05, 0.1) is 30.2 Å². The van der Waals surface area contributed by atoms with E-state index >= 15 is 0 Å². The van der Waals surface area contributed by atoms with Crippen molar-refractivity contribution < 1.29 is 13.9 Å². The van der Waals surface area contributed by atoms with Crippen LogP contribution < -0.4 is 15.4 Å². The van der Waals surface area contributed by atoms with Gasteiger partial charge < -0.3 is 15.4 Å². The van der Waals surface area contributed by atoms with Gasteiger partial charge in [-0.15, -0.1) is 0 Å². The average molecular weight is 419 g/mol. The molecule has 0 radical (unpaired) electrons. The zero-order chi connectivity index (χ0) is 21.4. The van der Waals surface area contributed by atoms with Gasteiger partial charge in [0.15, 0.2) is 5.65 Å². The molecule has 1 aliphatic heterocycles. The number of halogens is 1. The number of fused-ring (bicyclic) bond motifs is 2. The van der Waals surface area contributed by atoms with E-state index in [1.54, 1.807) is 23.8 Å². The van der Waals surface area contributed by atoms with Crippen molar-refractivity contribution >= 4 is 17.4 Å². The van der Waals surface area contributed by atoms with E-state index in [1.807, 2.05) is 18.2 Å². The zero-order valence-corrected chi connectivity index (χ0v) is 16.5. The quantitative estimate of drug-likeness (QED) is 0.488. The first-order chi connectivity index (χ1) is 15.1. The maximum Gasteiger partial charge on any atom is 0.256 e. The van der Waals surface area contributed by atoms with E-state index in [4.69, 9.17) is 4.74 Å². The summed E-state index contributed by atoms with van der Waals surface area (Å²) in [4.78, 5) is 25.9. The topological polar surface area (TPSA) is 106 Å². The highest BCUT2D eigenvalue weighted by Gasteiger charge is 2.20. The number of amides is 1. The van der Waals surface area contributed by atoms with Crippen molar-refractivity contribution in [2.24, 2.45) is 0 Å². The molecule has 0 saturated heterocycles. The van der Waals surface area contributed by atoms with Crippen LogP contribution in [0.4, 0.5) is 10.2 Å². The number of rotatable bonds is 1. The minimum Gasteiger partial charge on any atom is -0.473 e. The van der Waals surface area contributed by atoms with E-state index in [1.165, 1.54) is 12.3 Å².